The van der Waals surface area contributed by atoms with Gasteiger partial charge in [-0.2, -0.15) is 0 Å². The van der Waals surface area contributed by atoms with E-state index in [0.717, 1.165) is 11.1 Å². The molecule has 204 valence electrons. The van der Waals surface area contributed by atoms with Crippen molar-refractivity contribution in [1.29, 1.82) is 0 Å². The minimum atomic E-state index is -1.18. The molecule has 4 heterocycles. The van der Waals surface area contributed by atoms with Gasteiger partial charge in [0.15, 0.2) is 0 Å². The number of benzene rings is 2. The summed E-state index contributed by atoms with van der Waals surface area (Å²) in [6, 6.07) is 15.2. The van der Waals surface area contributed by atoms with Gasteiger partial charge < -0.3 is 24.8 Å². The Morgan fingerprint density at radius 3 is 2.74 bits per heavy atom. The molecule has 6 rings (SSSR count). The Bertz CT molecular complexity index is 1400. The van der Waals surface area contributed by atoms with E-state index in [2.05, 4.69) is 15.6 Å². The molecule has 2 aromatic carbocycles. The Morgan fingerprint density at radius 2 is 1.97 bits per heavy atom. The van der Waals surface area contributed by atoms with Gasteiger partial charge in [0.2, 0.25) is 11.8 Å². The fraction of sp³-hybridized carbons (Fsp3) is 0.464. The van der Waals surface area contributed by atoms with Crippen molar-refractivity contribution in [2.24, 2.45) is 11.8 Å². The number of aliphatic hydroxyl groups is 1. The van der Waals surface area contributed by atoms with Crippen LogP contribution in [0.3, 0.4) is 0 Å². The van der Waals surface area contributed by atoms with Crippen molar-refractivity contribution < 1.29 is 29.0 Å². The lowest BCUT2D eigenvalue weighted by atomic mass is 9.71. The van der Waals surface area contributed by atoms with Crippen molar-refractivity contribution in [1.82, 2.24) is 25.2 Å². The van der Waals surface area contributed by atoms with Crippen molar-refractivity contribution >= 4 is 28.8 Å². The summed E-state index contributed by atoms with van der Waals surface area (Å²) in [6.07, 6.45) is 0.850. The zero-order valence-electron chi connectivity index (χ0n) is 21.6. The second-order valence-corrected chi connectivity index (χ2v) is 10.4. The van der Waals surface area contributed by atoms with Crippen molar-refractivity contribution in [3.63, 3.8) is 0 Å². The quantitative estimate of drug-likeness (QED) is 0.390. The molecule has 3 aliphatic heterocycles. The largest absolute Gasteiger partial charge is 0.466 e. The molecule has 2 N–H and O–H groups in total. The SMILES string of the molecule is CCOC(=O)[C@@H]1[C@H]2C(=O)N([C@@H](CO)Cc3ccccc3)C(C(=O)NCn3nnc4ccccc43)C23CC[C@H]1O3. The molecule has 6 atom stereocenters. The molecule has 39 heavy (non-hydrogen) atoms. The van der Waals surface area contributed by atoms with E-state index >= 15 is 0 Å². The second-order valence-electron chi connectivity index (χ2n) is 10.4. The summed E-state index contributed by atoms with van der Waals surface area (Å²) in [6.45, 7) is 1.58. The van der Waals surface area contributed by atoms with Gasteiger partial charge in [0.25, 0.3) is 0 Å². The highest BCUT2D eigenvalue weighted by Gasteiger charge is 2.75. The zero-order chi connectivity index (χ0) is 27.1. The third kappa shape index (κ3) is 4.07. The average molecular weight is 534 g/mol. The highest BCUT2D eigenvalue weighted by atomic mass is 16.6. The van der Waals surface area contributed by atoms with Crippen molar-refractivity contribution in [2.75, 3.05) is 13.2 Å². The molecule has 0 radical (unpaired) electrons. The maximum Gasteiger partial charge on any atom is 0.312 e. The smallest absolute Gasteiger partial charge is 0.312 e. The Balaban J connectivity index is 1.34. The van der Waals surface area contributed by atoms with Crippen LogP contribution < -0.4 is 5.32 Å². The number of hydrogen-bond acceptors (Lipinski definition) is 8. The number of likely N-dealkylation sites (tertiary alicyclic amines) is 1. The average Bonchev–Trinajstić information content (AvgIpc) is 3.70. The van der Waals surface area contributed by atoms with Gasteiger partial charge in [0.05, 0.1) is 42.7 Å². The minimum absolute atomic E-state index is 0.0336. The standard InChI is InChI=1S/C28H31N5O6/c1-2-38-27(37)22-21-12-13-28(39-21)23(22)26(36)33(18(15-34)14-17-8-4-3-5-9-17)24(28)25(35)29-16-32-20-11-7-6-10-19(20)30-31-32/h3-11,18,21-24,34H,2,12-16H2,1H3,(H,29,35)/t18-,21-,22+,23+,24?,28?/m1/s1. The normalized spacial score (nSPS) is 28.1. The summed E-state index contributed by atoms with van der Waals surface area (Å²) in [4.78, 5) is 42.6. The topological polar surface area (TPSA) is 136 Å². The number of para-hydroxylation sites is 1. The van der Waals surface area contributed by atoms with E-state index in [9.17, 15) is 19.5 Å². The van der Waals surface area contributed by atoms with E-state index in [1.54, 1.807) is 11.6 Å². The summed E-state index contributed by atoms with van der Waals surface area (Å²) < 4.78 is 13.3. The van der Waals surface area contributed by atoms with Gasteiger partial charge in [-0.25, -0.2) is 4.68 Å². The van der Waals surface area contributed by atoms with E-state index in [4.69, 9.17) is 9.47 Å². The molecule has 3 saturated heterocycles. The van der Waals surface area contributed by atoms with Crippen LogP contribution in [0.5, 0.6) is 0 Å². The number of nitrogens with one attached hydrogen (secondary N) is 1. The monoisotopic (exact) mass is 533 g/mol. The first-order valence-corrected chi connectivity index (χ1v) is 13.4. The molecule has 11 nitrogen and oxygen atoms in total. The van der Waals surface area contributed by atoms with E-state index < -0.39 is 47.5 Å². The zero-order valence-corrected chi connectivity index (χ0v) is 21.6. The molecule has 11 heteroatoms. The summed E-state index contributed by atoms with van der Waals surface area (Å²) >= 11 is 0. The number of esters is 1. The molecule has 2 unspecified atom stereocenters. The molecule has 3 fully saturated rings. The number of carbonyl (C=O) groups is 3. The summed E-state index contributed by atoms with van der Waals surface area (Å²) in [7, 11) is 0. The maximum absolute atomic E-state index is 14.1. The van der Waals surface area contributed by atoms with E-state index in [1.807, 2.05) is 54.6 Å². The Morgan fingerprint density at radius 1 is 1.21 bits per heavy atom. The van der Waals surface area contributed by atoms with E-state index in [1.165, 1.54) is 4.90 Å². The Hall–Kier alpha value is -3.83. The number of aromatic nitrogens is 3. The fourth-order valence-electron chi connectivity index (χ4n) is 6.71. The first-order chi connectivity index (χ1) is 19.0. The third-order valence-corrected chi connectivity index (χ3v) is 8.29. The summed E-state index contributed by atoms with van der Waals surface area (Å²) in [5, 5.41) is 21.7. The molecule has 3 aromatic rings. The lowest BCUT2D eigenvalue weighted by Crippen LogP contribution is -2.58. The number of ether oxygens (including phenoxy) is 2. The van der Waals surface area contributed by atoms with E-state index in [-0.39, 0.29) is 25.8 Å². The highest BCUT2D eigenvalue weighted by molar-refractivity contribution is 5.98. The molecular weight excluding hydrogens is 502 g/mol. The summed E-state index contributed by atoms with van der Waals surface area (Å²) in [5.41, 5.74) is 1.18. The van der Waals surface area contributed by atoms with Crippen molar-refractivity contribution in [3.8, 4) is 0 Å². The molecule has 2 amide bonds. The minimum Gasteiger partial charge on any atom is -0.466 e. The highest BCUT2D eigenvalue weighted by Crippen LogP contribution is 2.59. The lowest BCUT2D eigenvalue weighted by molar-refractivity contribution is -0.155. The molecule has 1 spiro atoms. The van der Waals surface area contributed by atoms with Gasteiger partial charge in [-0.15, -0.1) is 5.10 Å². The lowest BCUT2D eigenvalue weighted by Gasteiger charge is -2.36. The van der Waals surface area contributed by atoms with Crippen LogP contribution in [0.15, 0.2) is 54.6 Å². The predicted octanol–water partition coefficient (Wildman–Crippen LogP) is 1.05. The van der Waals surface area contributed by atoms with Crippen LogP contribution in [0.4, 0.5) is 0 Å². The van der Waals surface area contributed by atoms with Gasteiger partial charge in [-0.05, 0) is 43.9 Å². The number of hydrogen-bond donors (Lipinski definition) is 2. The van der Waals surface area contributed by atoms with E-state index in [0.29, 0.717) is 24.8 Å². The molecule has 0 aliphatic carbocycles. The number of nitrogens with zero attached hydrogens (tertiary/aromatic N) is 4. The van der Waals surface area contributed by atoms with Gasteiger partial charge in [0.1, 0.15) is 23.8 Å². The fourth-order valence-corrected chi connectivity index (χ4v) is 6.71. The van der Waals surface area contributed by atoms with Gasteiger partial charge >= 0.3 is 5.97 Å². The predicted molar refractivity (Wildman–Crippen MR) is 138 cm³/mol. The summed E-state index contributed by atoms with van der Waals surface area (Å²) in [5.74, 6) is -2.93. The number of rotatable bonds is 9. The third-order valence-electron chi connectivity index (χ3n) is 8.29. The number of fused-ring (bicyclic) bond motifs is 2. The van der Waals surface area contributed by atoms with Crippen molar-refractivity contribution in [3.05, 3.63) is 60.2 Å². The molecular formula is C28H31N5O6. The van der Waals surface area contributed by atoms with Gasteiger partial charge in [-0.1, -0.05) is 47.7 Å². The molecule has 2 bridgehead atoms. The molecule has 1 aromatic heterocycles. The number of carbonyl (C=O) groups excluding carboxylic acids is 3. The van der Waals surface area contributed by atoms with Crippen LogP contribution in [0.2, 0.25) is 0 Å². The van der Waals surface area contributed by atoms with Gasteiger partial charge in [0, 0.05) is 0 Å². The van der Waals surface area contributed by atoms with Crippen LogP contribution in [-0.4, -0.2) is 79.8 Å². The van der Waals surface area contributed by atoms with Crippen LogP contribution in [0.25, 0.3) is 11.0 Å². The number of aliphatic hydroxyl groups excluding tert-OH is 1. The first-order valence-electron chi connectivity index (χ1n) is 13.4. The Kier molecular flexibility index (Phi) is 6.56. The van der Waals surface area contributed by atoms with Crippen molar-refractivity contribution in [2.45, 2.75) is 56.6 Å². The van der Waals surface area contributed by atoms with Crippen LogP contribution in [0, 0.1) is 11.8 Å². The molecule has 3 aliphatic rings. The van der Waals surface area contributed by atoms with Crippen LogP contribution in [-0.2, 0) is 36.9 Å². The molecule has 0 saturated carbocycles. The second kappa shape index (κ2) is 10.0. The Labute approximate surface area is 225 Å². The number of amides is 2. The maximum atomic E-state index is 14.1. The first kappa shape index (κ1) is 25.4. The van der Waals surface area contributed by atoms with Crippen LogP contribution >= 0.6 is 0 Å². The van der Waals surface area contributed by atoms with Gasteiger partial charge in [-0.3, -0.25) is 14.4 Å². The van der Waals surface area contributed by atoms with Crippen LogP contribution in [0.1, 0.15) is 25.3 Å².